The van der Waals surface area contributed by atoms with E-state index in [1.54, 1.807) is 13.3 Å². The number of thioether (sulfide) groups is 1. The van der Waals surface area contributed by atoms with Crippen LogP contribution in [0.3, 0.4) is 0 Å². The molecule has 0 aliphatic carbocycles. The number of anilines is 2. The SMILES string of the molecule is CSc1nc(N(C)N)c(N)c(=O)[nH]1. The smallest absolute Gasteiger partial charge is 0.276 e. The maximum Gasteiger partial charge on any atom is 0.276 e. The van der Waals surface area contributed by atoms with Gasteiger partial charge in [0.25, 0.3) is 5.56 Å². The lowest BCUT2D eigenvalue weighted by Gasteiger charge is -2.12. The molecule has 1 aromatic heterocycles. The van der Waals surface area contributed by atoms with Crippen LogP contribution < -0.4 is 22.1 Å². The highest BCUT2D eigenvalue weighted by Crippen LogP contribution is 2.15. The van der Waals surface area contributed by atoms with Crippen LogP contribution in [0, 0.1) is 0 Å². The average molecular weight is 201 g/mol. The second kappa shape index (κ2) is 3.67. The van der Waals surface area contributed by atoms with Gasteiger partial charge in [-0.15, -0.1) is 0 Å². The van der Waals surface area contributed by atoms with E-state index in [9.17, 15) is 4.79 Å². The highest BCUT2D eigenvalue weighted by Gasteiger charge is 2.09. The summed E-state index contributed by atoms with van der Waals surface area (Å²) in [6.45, 7) is 0. The number of aromatic amines is 1. The van der Waals surface area contributed by atoms with Gasteiger partial charge >= 0.3 is 0 Å². The summed E-state index contributed by atoms with van der Waals surface area (Å²) in [4.78, 5) is 17.8. The Morgan fingerprint density at radius 2 is 2.23 bits per heavy atom. The largest absolute Gasteiger partial charge is 0.391 e. The molecule has 1 heterocycles. The fourth-order valence-corrected chi connectivity index (χ4v) is 1.19. The van der Waals surface area contributed by atoms with Crippen LogP contribution in [-0.4, -0.2) is 23.3 Å². The van der Waals surface area contributed by atoms with Crippen LogP contribution in [0.5, 0.6) is 0 Å². The molecule has 5 N–H and O–H groups in total. The second-order valence-electron chi connectivity index (χ2n) is 2.42. The monoisotopic (exact) mass is 201 g/mol. The van der Waals surface area contributed by atoms with Crippen LogP contribution >= 0.6 is 11.8 Å². The van der Waals surface area contributed by atoms with Crippen LogP contribution in [0.2, 0.25) is 0 Å². The number of nitrogen functional groups attached to an aromatic ring is 1. The lowest BCUT2D eigenvalue weighted by atomic mass is 10.5. The number of hydrogen-bond acceptors (Lipinski definition) is 6. The zero-order chi connectivity index (χ0) is 10.0. The Kier molecular flexibility index (Phi) is 2.79. The fourth-order valence-electron chi connectivity index (χ4n) is 0.816. The van der Waals surface area contributed by atoms with E-state index in [1.165, 1.54) is 16.8 Å². The standard InChI is InChI=1S/C6H11N5OS/c1-11(8)4-3(7)5(12)10-6(9-4)13-2/h7-8H2,1-2H3,(H,9,10,12). The molecule has 0 aromatic carbocycles. The van der Waals surface area contributed by atoms with Crippen LogP contribution in [0.25, 0.3) is 0 Å². The zero-order valence-corrected chi connectivity index (χ0v) is 8.18. The summed E-state index contributed by atoms with van der Waals surface area (Å²) < 4.78 is 0. The molecule has 6 nitrogen and oxygen atoms in total. The summed E-state index contributed by atoms with van der Waals surface area (Å²) >= 11 is 1.32. The molecule has 0 amide bonds. The van der Waals surface area contributed by atoms with Crippen molar-refractivity contribution in [2.24, 2.45) is 5.84 Å². The van der Waals surface area contributed by atoms with E-state index in [4.69, 9.17) is 11.6 Å². The van der Waals surface area contributed by atoms with Crippen molar-refractivity contribution in [2.75, 3.05) is 24.0 Å². The molecule has 7 heteroatoms. The summed E-state index contributed by atoms with van der Waals surface area (Å²) in [5, 5.41) is 1.70. The number of nitrogens with two attached hydrogens (primary N) is 2. The van der Waals surface area contributed by atoms with Gasteiger partial charge in [-0.05, 0) is 6.26 Å². The molecule has 72 valence electrons. The first-order valence-corrected chi connectivity index (χ1v) is 4.71. The van der Waals surface area contributed by atoms with Gasteiger partial charge in [0, 0.05) is 7.05 Å². The molecule has 1 aromatic rings. The number of nitrogens with zero attached hydrogens (tertiary/aromatic N) is 2. The lowest BCUT2D eigenvalue weighted by molar-refractivity contribution is 0.886. The van der Waals surface area contributed by atoms with Crippen LogP contribution in [0.1, 0.15) is 0 Å². The molecule has 0 aliphatic heterocycles. The highest BCUT2D eigenvalue weighted by molar-refractivity contribution is 7.98. The summed E-state index contributed by atoms with van der Waals surface area (Å²) in [7, 11) is 1.57. The summed E-state index contributed by atoms with van der Waals surface area (Å²) in [5.74, 6) is 5.72. The highest BCUT2D eigenvalue weighted by atomic mass is 32.2. The maximum atomic E-state index is 11.2. The van der Waals surface area contributed by atoms with E-state index in [2.05, 4.69) is 9.97 Å². The molecule has 0 unspecified atom stereocenters. The van der Waals surface area contributed by atoms with Gasteiger partial charge in [0.05, 0.1) is 0 Å². The molecule has 0 spiro atoms. The van der Waals surface area contributed by atoms with E-state index in [0.29, 0.717) is 5.16 Å². The zero-order valence-electron chi connectivity index (χ0n) is 7.37. The third kappa shape index (κ3) is 1.93. The Hall–Kier alpha value is -1.21. The van der Waals surface area contributed by atoms with Crippen molar-refractivity contribution in [3.8, 4) is 0 Å². The number of hydrazine groups is 1. The van der Waals surface area contributed by atoms with Crippen molar-refractivity contribution in [1.82, 2.24) is 9.97 Å². The van der Waals surface area contributed by atoms with E-state index in [-0.39, 0.29) is 17.1 Å². The summed E-state index contributed by atoms with van der Waals surface area (Å²) in [5.41, 5.74) is 5.13. The van der Waals surface area contributed by atoms with E-state index >= 15 is 0 Å². The molecule has 0 bridgehead atoms. The number of nitrogens with one attached hydrogen (secondary N) is 1. The Labute approximate surface area is 79.3 Å². The quantitative estimate of drug-likeness (QED) is 0.255. The molecule has 0 saturated carbocycles. The summed E-state index contributed by atoms with van der Waals surface area (Å²) in [6, 6.07) is 0. The van der Waals surface area contributed by atoms with Crippen molar-refractivity contribution in [3.63, 3.8) is 0 Å². The number of hydrogen-bond donors (Lipinski definition) is 3. The first kappa shape index (κ1) is 9.87. The Morgan fingerprint density at radius 1 is 1.62 bits per heavy atom. The van der Waals surface area contributed by atoms with Crippen molar-refractivity contribution < 1.29 is 0 Å². The van der Waals surface area contributed by atoms with Crippen LogP contribution in [0.15, 0.2) is 9.95 Å². The van der Waals surface area contributed by atoms with Gasteiger partial charge in [-0.3, -0.25) is 14.8 Å². The third-order valence-electron chi connectivity index (χ3n) is 1.44. The normalized spacial score (nSPS) is 10.1. The Morgan fingerprint density at radius 3 is 2.69 bits per heavy atom. The fraction of sp³-hybridized carbons (Fsp3) is 0.333. The topological polar surface area (TPSA) is 101 Å². The lowest BCUT2D eigenvalue weighted by Crippen LogP contribution is -2.30. The first-order valence-electron chi connectivity index (χ1n) is 3.48. The van der Waals surface area contributed by atoms with E-state index in [1.807, 2.05) is 0 Å². The van der Waals surface area contributed by atoms with Crippen molar-refractivity contribution >= 4 is 23.3 Å². The van der Waals surface area contributed by atoms with Crippen molar-refractivity contribution in [2.45, 2.75) is 5.16 Å². The molecule has 1 rings (SSSR count). The molecule has 0 saturated heterocycles. The maximum absolute atomic E-state index is 11.2. The Bertz CT molecular complexity index is 361. The van der Waals surface area contributed by atoms with Gasteiger partial charge in [-0.25, -0.2) is 10.8 Å². The predicted octanol–water partition coefficient (Wildman–Crippen LogP) is -0.616. The predicted molar refractivity (Wildman–Crippen MR) is 53.6 cm³/mol. The second-order valence-corrected chi connectivity index (χ2v) is 3.22. The average Bonchev–Trinajstić information content (AvgIpc) is 2.09. The van der Waals surface area contributed by atoms with E-state index < -0.39 is 0 Å². The molecular formula is C6H11N5OS. The van der Waals surface area contributed by atoms with Gasteiger partial charge in [0.2, 0.25) is 0 Å². The first-order chi connectivity index (χ1) is 6.06. The molecule has 0 atom stereocenters. The molecule has 0 fully saturated rings. The van der Waals surface area contributed by atoms with Gasteiger partial charge in [0.15, 0.2) is 11.0 Å². The van der Waals surface area contributed by atoms with Gasteiger partial charge in [-0.2, -0.15) is 0 Å². The van der Waals surface area contributed by atoms with Crippen molar-refractivity contribution in [3.05, 3.63) is 10.4 Å². The van der Waals surface area contributed by atoms with Crippen molar-refractivity contribution in [1.29, 1.82) is 0 Å². The third-order valence-corrected chi connectivity index (χ3v) is 2.02. The number of H-pyrrole nitrogens is 1. The molecule has 0 radical (unpaired) electrons. The van der Waals surface area contributed by atoms with Crippen LogP contribution in [0.4, 0.5) is 11.5 Å². The van der Waals surface area contributed by atoms with Gasteiger partial charge in [-0.1, -0.05) is 11.8 Å². The Balaban J connectivity index is 3.33. The van der Waals surface area contributed by atoms with Crippen LogP contribution in [-0.2, 0) is 0 Å². The molecule has 0 aliphatic rings. The molecular weight excluding hydrogens is 190 g/mol. The minimum absolute atomic E-state index is 0.0304. The number of aromatic nitrogens is 2. The van der Waals surface area contributed by atoms with Gasteiger partial charge < -0.3 is 5.73 Å². The van der Waals surface area contributed by atoms with Gasteiger partial charge in [0.1, 0.15) is 5.69 Å². The minimum atomic E-state index is -0.369. The van der Waals surface area contributed by atoms with E-state index in [0.717, 1.165) is 0 Å². The summed E-state index contributed by atoms with van der Waals surface area (Å²) in [6.07, 6.45) is 1.80. The minimum Gasteiger partial charge on any atom is -0.391 e. The number of rotatable bonds is 2. The molecule has 13 heavy (non-hydrogen) atoms.